The summed E-state index contributed by atoms with van der Waals surface area (Å²) in [6.07, 6.45) is 7.65. The van der Waals surface area contributed by atoms with Crippen molar-refractivity contribution in [2.75, 3.05) is 6.61 Å². The molecule has 0 aromatic carbocycles. The van der Waals surface area contributed by atoms with Gasteiger partial charge in [-0.15, -0.1) is 0 Å². The van der Waals surface area contributed by atoms with Crippen LogP contribution in [0.25, 0.3) is 0 Å². The van der Waals surface area contributed by atoms with E-state index in [1.165, 1.54) is 25.7 Å². The number of hydrogen-bond acceptors (Lipinski definition) is 1. The zero-order chi connectivity index (χ0) is 11.6. The predicted octanol–water partition coefficient (Wildman–Crippen LogP) is 3.39. The SMILES string of the molecule is CC1=CC[C@@]23C[C@@H]1C(C)(C)[C@@H]2CC[C@H]3CO. The lowest BCUT2D eigenvalue weighted by Gasteiger charge is -2.37. The Morgan fingerprint density at radius 2 is 2.12 bits per heavy atom. The molecule has 0 saturated heterocycles. The third-order valence-corrected chi connectivity index (χ3v) is 6.27. The molecular weight excluding hydrogens is 196 g/mol. The summed E-state index contributed by atoms with van der Waals surface area (Å²) < 4.78 is 0. The van der Waals surface area contributed by atoms with Gasteiger partial charge in [0.15, 0.2) is 0 Å². The smallest absolute Gasteiger partial charge is 0.0464 e. The molecule has 0 heterocycles. The number of aliphatic hydroxyl groups excluding tert-OH is 1. The van der Waals surface area contributed by atoms with Crippen molar-refractivity contribution in [2.24, 2.45) is 28.6 Å². The lowest BCUT2D eigenvalue weighted by Crippen LogP contribution is -2.32. The molecule has 0 amide bonds. The fourth-order valence-electron chi connectivity index (χ4n) is 5.44. The molecule has 0 aromatic heterocycles. The van der Waals surface area contributed by atoms with Gasteiger partial charge in [0.25, 0.3) is 0 Å². The van der Waals surface area contributed by atoms with Crippen LogP contribution in [0.5, 0.6) is 0 Å². The molecule has 2 bridgehead atoms. The second-order valence-electron chi connectivity index (χ2n) is 6.97. The molecule has 0 aromatic rings. The summed E-state index contributed by atoms with van der Waals surface area (Å²) >= 11 is 0. The molecule has 0 unspecified atom stereocenters. The molecule has 1 spiro atoms. The molecule has 2 fully saturated rings. The molecule has 16 heavy (non-hydrogen) atoms. The average Bonchev–Trinajstić information content (AvgIpc) is 2.68. The lowest BCUT2D eigenvalue weighted by atomic mass is 9.67. The van der Waals surface area contributed by atoms with Crippen molar-refractivity contribution in [3.05, 3.63) is 11.6 Å². The summed E-state index contributed by atoms with van der Waals surface area (Å²) in [6.45, 7) is 7.65. The van der Waals surface area contributed by atoms with E-state index in [0.29, 0.717) is 23.4 Å². The van der Waals surface area contributed by atoms with E-state index < -0.39 is 0 Å². The Morgan fingerprint density at radius 3 is 2.81 bits per heavy atom. The quantitative estimate of drug-likeness (QED) is 0.672. The van der Waals surface area contributed by atoms with Crippen LogP contribution < -0.4 is 0 Å². The summed E-state index contributed by atoms with van der Waals surface area (Å²) in [5, 5.41) is 9.64. The minimum Gasteiger partial charge on any atom is -0.396 e. The van der Waals surface area contributed by atoms with E-state index in [2.05, 4.69) is 26.8 Å². The van der Waals surface area contributed by atoms with E-state index in [0.717, 1.165) is 11.8 Å². The third kappa shape index (κ3) is 1.06. The first-order valence-electron chi connectivity index (χ1n) is 6.80. The van der Waals surface area contributed by atoms with E-state index in [1.54, 1.807) is 5.57 Å². The number of allylic oxidation sites excluding steroid dienone is 2. The summed E-state index contributed by atoms with van der Waals surface area (Å²) in [7, 11) is 0. The lowest BCUT2D eigenvalue weighted by molar-refractivity contribution is 0.0791. The van der Waals surface area contributed by atoms with E-state index in [-0.39, 0.29) is 0 Å². The molecule has 3 aliphatic rings. The van der Waals surface area contributed by atoms with Crippen molar-refractivity contribution in [3.63, 3.8) is 0 Å². The van der Waals surface area contributed by atoms with Crippen LogP contribution in [0.15, 0.2) is 11.6 Å². The summed E-state index contributed by atoms with van der Waals surface area (Å²) in [5.74, 6) is 2.20. The minimum atomic E-state index is 0.409. The molecule has 2 saturated carbocycles. The molecule has 1 nitrogen and oxygen atoms in total. The average molecular weight is 220 g/mol. The highest BCUT2D eigenvalue weighted by Gasteiger charge is 2.63. The van der Waals surface area contributed by atoms with Crippen LogP contribution in [0.4, 0.5) is 0 Å². The van der Waals surface area contributed by atoms with Crippen LogP contribution in [0.2, 0.25) is 0 Å². The highest BCUT2D eigenvalue weighted by Crippen LogP contribution is 2.71. The van der Waals surface area contributed by atoms with Crippen LogP contribution >= 0.6 is 0 Å². The highest BCUT2D eigenvalue weighted by molar-refractivity contribution is 5.25. The van der Waals surface area contributed by atoms with Crippen molar-refractivity contribution in [2.45, 2.75) is 46.5 Å². The van der Waals surface area contributed by atoms with Crippen molar-refractivity contribution in [1.82, 2.24) is 0 Å². The van der Waals surface area contributed by atoms with Crippen LogP contribution in [0, 0.1) is 28.6 Å². The second kappa shape index (κ2) is 3.13. The standard InChI is InChI=1S/C15H24O/c1-10-6-7-15-8-12(10)14(2,3)13(15)5-4-11(15)9-16/h6,11-13,16H,4-5,7-9H2,1-3H3/t11-,12-,13-,15-/m0/s1. The first-order valence-corrected chi connectivity index (χ1v) is 6.80. The summed E-state index contributed by atoms with van der Waals surface area (Å²) in [5.41, 5.74) is 2.53. The third-order valence-electron chi connectivity index (χ3n) is 6.27. The van der Waals surface area contributed by atoms with Gasteiger partial charge in [0, 0.05) is 6.61 Å². The monoisotopic (exact) mass is 220 g/mol. The van der Waals surface area contributed by atoms with E-state index in [4.69, 9.17) is 0 Å². The summed E-state index contributed by atoms with van der Waals surface area (Å²) in [6, 6.07) is 0. The normalized spacial score (nSPS) is 49.0. The van der Waals surface area contributed by atoms with Gasteiger partial charge in [0.2, 0.25) is 0 Å². The molecule has 0 radical (unpaired) electrons. The Morgan fingerprint density at radius 1 is 1.38 bits per heavy atom. The van der Waals surface area contributed by atoms with Gasteiger partial charge in [-0.1, -0.05) is 25.5 Å². The van der Waals surface area contributed by atoms with Crippen molar-refractivity contribution in [1.29, 1.82) is 0 Å². The Labute approximate surface area is 98.9 Å². The van der Waals surface area contributed by atoms with Gasteiger partial charge >= 0.3 is 0 Å². The van der Waals surface area contributed by atoms with Gasteiger partial charge in [-0.2, -0.15) is 0 Å². The second-order valence-corrected chi connectivity index (χ2v) is 6.97. The topological polar surface area (TPSA) is 20.2 Å². The van der Waals surface area contributed by atoms with E-state index >= 15 is 0 Å². The van der Waals surface area contributed by atoms with E-state index in [1.807, 2.05) is 0 Å². The van der Waals surface area contributed by atoms with Crippen molar-refractivity contribution in [3.8, 4) is 0 Å². The van der Waals surface area contributed by atoms with Crippen molar-refractivity contribution >= 4 is 0 Å². The maximum absolute atomic E-state index is 9.64. The van der Waals surface area contributed by atoms with Crippen LogP contribution in [-0.4, -0.2) is 11.7 Å². The molecule has 90 valence electrons. The van der Waals surface area contributed by atoms with Gasteiger partial charge in [-0.25, -0.2) is 0 Å². The predicted molar refractivity (Wildman–Crippen MR) is 66.0 cm³/mol. The molecule has 1 N–H and O–H groups in total. The maximum Gasteiger partial charge on any atom is 0.0464 e. The van der Waals surface area contributed by atoms with Crippen LogP contribution in [-0.2, 0) is 0 Å². The van der Waals surface area contributed by atoms with Gasteiger partial charge in [-0.05, 0) is 61.2 Å². The fraction of sp³-hybridized carbons (Fsp3) is 0.867. The van der Waals surface area contributed by atoms with Gasteiger partial charge in [-0.3, -0.25) is 0 Å². The Hall–Kier alpha value is -0.300. The zero-order valence-corrected chi connectivity index (χ0v) is 10.8. The largest absolute Gasteiger partial charge is 0.396 e. The first-order chi connectivity index (χ1) is 7.52. The Kier molecular flexibility index (Phi) is 2.12. The van der Waals surface area contributed by atoms with Crippen LogP contribution in [0.3, 0.4) is 0 Å². The van der Waals surface area contributed by atoms with Crippen LogP contribution in [0.1, 0.15) is 46.5 Å². The maximum atomic E-state index is 9.64. The minimum absolute atomic E-state index is 0.409. The number of hydrogen-bond donors (Lipinski definition) is 1. The molecule has 4 atom stereocenters. The molecule has 1 heteroatoms. The van der Waals surface area contributed by atoms with Crippen molar-refractivity contribution < 1.29 is 5.11 Å². The zero-order valence-electron chi connectivity index (χ0n) is 10.8. The van der Waals surface area contributed by atoms with Gasteiger partial charge < -0.3 is 5.11 Å². The fourth-order valence-corrected chi connectivity index (χ4v) is 5.44. The highest BCUT2D eigenvalue weighted by atomic mass is 16.3. The number of fused-ring (bicyclic) bond motifs is 1. The first kappa shape index (κ1) is 10.8. The van der Waals surface area contributed by atoms with E-state index in [9.17, 15) is 5.11 Å². The molecule has 3 rings (SSSR count). The van der Waals surface area contributed by atoms with Gasteiger partial charge in [0.1, 0.15) is 0 Å². The summed E-state index contributed by atoms with van der Waals surface area (Å²) in [4.78, 5) is 0. The molecule has 0 aliphatic heterocycles. The van der Waals surface area contributed by atoms with Gasteiger partial charge in [0.05, 0.1) is 0 Å². The molecule has 3 aliphatic carbocycles. The molecular formula is C15H24O. The number of rotatable bonds is 1. The Balaban J connectivity index is 2.07. The Bertz CT molecular complexity index is 341. The number of aliphatic hydroxyl groups is 1.